The summed E-state index contributed by atoms with van der Waals surface area (Å²) in [4.78, 5) is 0. The predicted molar refractivity (Wildman–Crippen MR) is 136 cm³/mol. The van der Waals surface area contributed by atoms with Crippen LogP contribution in [0.25, 0.3) is 0 Å². The van der Waals surface area contributed by atoms with Crippen molar-refractivity contribution in [2.24, 2.45) is 11.8 Å². The second-order valence-electron chi connectivity index (χ2n) is 9.68. The first-order chi connectivity index (χ1) is 18.7. The smallest absolute Gasteiger partial charge is 0.201 e. The lowest BCUT2D eigenvalue weighted by molar-refractivity contribution is -0.274. The third kappa shape index (κ3) is 5.28. The third-order valence-electron chi connectivity index (χ3n) is 7.60. The van der Waals surface area contributed by atoms with Gasteiger partial charge < -0.3 is 59.1 Å². The van der Waals surface area contributed by atoms with E-state index in [2.05, 4.69) is 0 Å². The van der Waals surface area contributed by atoms with Crippen LogP contribution in [0.15, 0.2) is 18.2 Å². The molecule has 6 N–H and O–H groups in total. The Morgan fingerprint density at radius 2 is 1.46 bits per heavy atom. The SMILES string of the molecule is COc1cc([C@H]2c3c(cc(OC)c(O)c3OC)C[C@@H](CO)[C@@H]2CO[C@H]2OC[C@H](O)[C@H](O)[C@H]2O)cc(OC)c1O. The molecule has 1 heterocycles. The normalized spacial score (nSPS) is 28.5. The number of hydrogen-bond donors (Lipinski definition) is 6. The molecule has 1 aliphatic heterocycles. The third-order valence-corrected chi connectivity index (χ3v) is 7.60. The fourth-order valence-electron chi connectivity index (χ4n) is 5.55. The van der Waals surface area contributed by atoms with E-state index in [1.54, 1.807) is 18.2 Å². The fraction of sp³-hybridized carbons (Fsp3) is 0.556. The number of hydrogen-bond acceptors (Lipinski definition) is 12. The monoisotopic (exact) mass is 552 g/mol. The number of benzene rings is 2. The van der Waals surface area contributed by atoms with Crippen molar-refractivity contribution in [2.45, 2.75) is 36.9 Å². The van der Waals surface area contributed by atoms with Crippen molar-refractivity contribution < 1.29 is 59.1 Å². The molecule has 2 aromatic rings. The van der Waals surface area contributed by atoms with E-state index >= 15 is 0 Å². The summed E-state index contributed by atoms with van der Waals surface area (Å²) in [6.45, 7) is -0.504. The molecule has 4 rings (SSSR count). The molecule has 0 spiro atoms. The molecule has 12 nitrogen and oxygen atoms in total. The molecule has 0 aromatic heterocycles. The van der Waals surface area contributed by atoms with Gasteiger partial charge in [-0.05, 0) is 47.6 Å². The van der Waals surface area contributed by atoms with Crippen molar-refractivity contribution >= 4 is 0 Å². The summed E-state index contributed by atoms with van der Waals surface area (Å²) in [6, 6.07) is 4.96. The number of phenolic OH excluding ortho intramolecular Hbond substituents is 2. The Morgan fingerprint density at radius 3 is 2.03 bits per heavy atom. The summed E-state index contributed by atoms with van der Waals surface area (Å²) < 4.78 is 33.2. The van der Waals surface area contributed by atoms with Crippen molar-refractivity contribution in [2.75, 3.05) is 48.3 Å². The highest BCUT2D eigenvalue weighted by molar-refractivity contribution is 5.64. The highest BCUT2D eigenvalue weighted by Crippen LogP contribution is 2.54. The summed E-state index contributed by atoms with van der Waals surface area (Å²) >= 11 is 0. The minimum Gasteiger partial charge on any atom is -0.502 e. The number of aliphatic hydroxyl groups excluding tert-OH is 4. The summed E-state index contributed by atoms with van der Waals surface area (Å²) in [5.74, 6) is -1.16. The molecule has 1 aliphatic carbocycles. The molecule has 0 saturated carbocycles. The molecular weight excluding hydrogens is 516 g/mol. The molecular formula is C27H36O12. The summed E-state index contributed by atoms with van der Waals surface area (Å²) in [5.41, 5.74) is 1.99. The fourth-order valence-corrected chi connectivity index (χ4v) is 5.55. The van der Waals surface area contributed by atoms with Crippen LogP contribution < -0.4 is 18.9 Å². The quantitative estimate of drug-likeness (QED) is 0.254. The molecule has 216 valence electrons. The molecule has 12 heteroatoms. The zero-order chi connectivity index (χ0) is 28.4. The second kappa shape index (κ2) is 12.0. The van der Waals surface area contributed by atoms with Crippen LogP contribution in [0.3, 0.4) is 0 Å². The van der Waals surface area contributed by atoms with Crippen LogP contribution in [0.4, 0.5) is 0 Å². The van der Waals surface area contributed by atoms with E-state index in [-0.39, 0.29) is 60.2 Å². The minimum atomic E-state index is -1.49. The maximum Gasteiger partial charge on any atom is 0.201 e. The van der Waals surface area contributed by atoms with Crippen LogP contribution in [-0.4, -0.2) is 104 Å². The summed E-state index contributed by atoms with van der Waals surface area (Å²) in [7, 11) is 5.66. The van der Waals surface area contributed by atoms with E-state index in [1.165, 1.54) is 28.4 Å². The molecule has 39 heavy (non-hydrogen) atoms. The second-order valence-corrected chi connectivity index (χ2v) is 9.68. The van der Waals surface area contributed by atoms with E-state index in [0.29, 0.717) is 17.5 Å². The van der Waals surface area contributed by atoms with Crippen LogP contribution in [0, 0.1) is 11.8 Å². The number of phenols is 2. The van der Waals surface area contributed by atoms with Gasteiger partial charge in [0.05, 0.1) is 41.7 Å². The lowest BCUT2D eigenvalue weighted by atomic mass is 9.66. The van der Waals surface area contributed by atoms with Crippen molar-refractivity contribution in [3.63, 3.8) is 0 Å². The first-order valence-corrected chi connectivity index (χ1v) is 12.5. The van der Waals surface area contributed by atoms with E-state index in [0.717, 1.165) is 5.56 Å². The van der Waals surface area contributed by atoms with Gasteiger partial charge in [-0.2, -0.15) is 0 Å². The number of fused-ring (bicyclic) bond motifs is 1. The highest BCUT2D eigenvalue weighted by atomic mass is 16.7. The highest BCUT2D eigenvalue weighted by Gasteiger charge is 2.44. The van der Waals surface area contributed by atoms with Gasteiger partial charge in [-0.15, -0.1) is 0 Å². The average molecular weight is 553 g/mol. The lowest BCUT2D eigenvalue weighted by Gasteiger charge is -2.42. The minimum absolute atomic E-state index is 0.0542. The topological polar surface area (TPSA) is 177 Å². The first-order valence-electron chi connectivity index (χ1n) is 12.5. The zero-order valence-electron chi connectivity index (χ0n) is 22.2. The molecule has 2 aliphatic rings. The van der Waals surface area contributed by atoms with Crippen LogP contribution in [0.5, 0.6) is 34.5 Å². The van der Waals surface area contributed by atoms with Gasteiger partial charge in [0.15, 0.2) is 29.3 Å². The number of aromatic hydroxyl groups is 2. The van der Waals surface area contributed by atoms with Crippen LogP contribution in [-0.2, 0) is 15.9 Å². The number of rotatable bonds is 9. The molecule has 0 amide bonds. The molecule has 1 saturated heterocycles. The van der Waals surface area contributed by atoms with Gasteiger partial charge in [0.25, 0.3) is 0 Å². The van der Waals surface area contributed by atoms with Gasteiger partial charge in [-0.25, -0.2) is 0 Å². The first kappa shape index (κ1) is 29.0. The van der Waals surface area contributed by atoms with Gasteiger partial charge in [0.1, 0.15) is 18.3 Å². The Balaban J connectivity index is 1.86. The van der Waals surface area contributed by atoms with Gasteiger partial charge >= 0.3 is 0 Å². The standard InChI is InChI=1S/C27H36O12/c1-34-17-7-13(8-18(35-2)23(17)31)20-15(10-38-27-25(33)22(30)16(29)11-39-27)14(9-28)5-12-6-19(36-3)24(32)26(37-4)21(12)20/h6-8,14-16,20,22,25,27-33H,5,9-11H2,1-4H3/t14-,15-,16-,20+,22-,25+,27-/m0/s1. The van der Waals surface area contributed by atoms with Crippen molar-refractivity contribution in [1.29, 1.82) is 0 Å². The van der Waals surface area contributed by atoms with Crippen molar-refractivity contribution in [3.05, 3.63) is 34.9 Å². The van der Waals surface area contributed by atoms with Gasteiger partial charge in [0.2, 0.25) is 11.5 Å². The molecule has 0 radical (unpaired) electrons. The maximum atomic E-state index is 11.0. The lowest BCUT2D eigenvalue weighted by Crippen LogP contribution is -2.54. The van der Waals surface area contributed by atoms with Gasteiger partial charge in [-0.1, -0.05) is 0 Å². The average Bonchev–Trinajstić information content (AvgIpc) is 2.94. The van der Waals surface area contributed by atoms with Crippen LogP contribution in [0.1, 0.15) is 22.6 Å². The maximum absolute atomic E-state index is 11.0. The molecule has 1 fully saturated rings. The van der Waals surface area contributed by atoms with Crippen molar-refractivity contribution in [3.8, 4) is 34.5 Å². The Bertz CT molecular complexity index is 1130. The van der Waals surface area contributed by atoms with Gasteiger partial charge in [-0.3, -0.25) is 0 Å². The molecule has 0 bridgehead atoms. The number of methoxy groups -OCH3 is 4. The summed E-state index contributed by atoms with van der Waals surface area (Å²) in [6.07, 6.45) is -5.04. The van der Waals surface area contributed by atoms with Crippen LogP contribution in [0.2, 0.25) is 0 Å². The summed E-state index contributed by atoms with van der Waals surface area (Å²) in [5, 5.41) is 62.3. The van der Waals surface area contributed by atoms with Crippen molar-refractivity contribution in [1.82, 2.24) is 0 Å². The van der Waals surface area contributed by atoms with E-state index in [4.69, 9.17) is 28.4 Å². The van der Waals surface area contributed by atoms with E-state index in [1.807, 2.05) is 0 Å². The van der Waals surface area contributed by atoms with E-state index < -0.39 is 36.4 Å². The Morgan fingerprint density at radius 1 is 0.846 bits per heavy atom. The Labute approximate surface area is 225 Å². The number of ether oxygens (including phenoxy) is 6. The van der Waals surface area contributed by atoms with Gasteiger partial charge in [0, 0.05) is 18.1 Å². The molecule has 7 atom stereocenters. The predicted octanol–water partition coefficient (Wildman–Crippen LogP) is 0.500. The van der Waals surface area contributed by atoms with E-state index in [9.17, 15) is 30.6 Å². The molecule has 2 aromatic carbocycles. The Hall–Kier alpha value is -3.00. The zero-order valence-corrected chi connectivity index (χ0v) is 22.2. The largest absolute Gasteiger partial charge is 0.502 e. The van der Waals surface area contributed by atoms with Crippen LogP contribution >= 0.6 is 0 Å². The number of aliphatic hydroxyl groups is 4. The molecule has 0 unspecified atom stereocenters. The Kier molecular flexibility index (Phi) is 8.94.